The fraction of sp³-hybridized carbons (Fsp3) is 0.364. The minimum Gasteiger partial charge on any atom is -0.405 e. The molecule has 0 aliphatic heterocycles. The van der Waals surface area contributed by atoms with Crippen molar-refractivity contribution in [3.05, 3.63) is 34.4 Å². The Bertz CT molecular complexity index is 580. The highest BCUT2D eigenvalue weighted by atomic mass is 35.7. The quantitative estimate of drug-likeness (QED) is 0.431. The number of non-ortho nitro benzene ring substituents is 1. The first-order chi connectivity index (χ1) is 10.2. The molecule has 0 bridgehead atoms. The first-order valence-electron chi connectivity index (χ1n) is 6.09. The maximum absolute atomic E-state index is 11.9. The first-order valence-corrected chi connectivity index (χ1v) is 8.54. The molecule has 1 N–H and O–H groups in total. The van der Waals surface area contributed by atoms with Crippen molar-refractivity contribution >= 4 is 29.8 Å². The number of halogens is 1. The van der Waals surface area contributed by atoms with Crippen molar-refractivity contribution in [1.29, 1.82) is 0 Å². The van der Waals surface area contributed by atoms with Crippen LogP contribution in [-0.2, 0) is 18.7 Å². The van der Waals surface area contributed by atoms with Crippen molar-refractivity contribution in [2.75, 3.05) is 6.61 Å². The molecule has 0 fully saturated rings. The number of nitrogens with one attached hydrogen (secondary N) is 1. The lowest BCUT2D eigenvalue weighted by atomic mass is 10.3. The zero-order chi connectivity index (χ0) is 16.8. The monoisotopic (exact) mass is 352 g/mol. The number of benzene rings is 1. The maximum Gasteiger partial charge on any atom is 0.532 e. The molecular weight excluding hydrogens is 339 g/mol. The second-order valence-electron chi connectivity index (χ2n) is 3.96. The van der Waals surface area contributed by atoms with Gasteiger partial charge in [-0.1, -0.05) is 0 Å². The molecular formula is C11H14ClN2O7P. The van der Waals surface area contributed by atoms with Gasteiger partial charge in [0.1, 0.15) is 11.8 Å². The van der Waals surface area contributed by atoms with Crippen LogP contribution in [0.25, 0.3) is 0 Å². The molecule has 1 unspecified atom stereocenters. The molecule has 0 aliphatic rings. The van der Waals surface area contributed by atoms with Crippen LogP contribution in [0.5, 0.6) is 5.75 Å². The van der Waals surface area contributed by atoms with Crippen LogP contribution >= 0.6 is 18.2 Å². The summed E-state index contributed by atoms with van der Waals surface area (Å²) in [5, 5.41) is 10.5. The Balaban J connectivity index is 2.64. The Labute approximate surface area is 130 Å². The lowest BCUT2D eigenvalue weighted by Crippen LogP contribution is -2.34. The predicted molar refractivity (Wildman–Crippen MR) is 77.5 cm³/mol. The van der Waals surface area contributed by atoms with Crippen molar-refractivity contribution in [3.8, 4) is 5.75 Å². The van der Waals surface area contributed by atoms with Gasteiger partial charge < -0.3 is 13.9 Å². The standard InChI is InChI=1S/C11H14ClN2O7P/c1-3-19-13-8(2)11(15)21-22(12,18)20-10-6-4-9(5-7-10)14(16)17/h4-8,13H,3H2,1-2H3/t8-,22?/m0/s1. The van der Waals surface area contributed by atoms with E-state index >= 15 is 0 Å². The molecule has 0 saturated heterocycles. The lowest BCUT2D eigenvalue weighted by molar-refractivity contribution is -0.384. The second kappa shape index (κ2) is 8.09. The van der Waals surface area contributed by atoms with Crippen molar-refractivity contribution in [1.82, 2.24) is 5.48 Å². The molecule has 1 rings (SSSR count). The molecule has 11 heteroatoms. The van der Waals surface area contributed by atoms with Gasteiger partial charge in [0.05, 0.1) is 11.5 Å². The minimum atomic E-state index is -4.24. The van der Waals surface area contributed by atoms with Gasteiger partial charge in [0.15, 0.2) is 0 Å². The summed E-state index contributed by atoms with van der Waals surface area (Å²) in [5.74, 6) is -0.976. The highest BCUT2D eigenvalue weighted by molar-refractivity contribution is 7.82. The number of nitrogens with zero attached hydrogens (tertiary/aromatic N) is 1. The summed E-state index contributed by atoms with van der Waals surface area (Å²) in [6.45, 7) is -0.802. The van der Waals surface area contributed by atoms with Gasteiger partial charge in [-0.05, 0) is 26.0 Å². The van der Waals surface area contributed by atoms with Gasteiger partial charge >= 0.3 is 12.9 Å². The molecule has 1 aromatic rings. The van der Waals surface area contributed by atoms with Gasteiger partial charge in [-0.2, -0.15) is 5.48 Å². The molecule has 22 heavy (non-hydrogen) atoms. The lowest BCUT2D eigenvalue weighted by Gasteiger charge is -2.16. The predicted octanol–water partition coefficient (Wildman–Crippen LogP) is 2.79. The zero-order valence-corrected chi connectivity index (χ0v) is 13.4. The van der Waals surface area contributed by atoms with E-state index in [0.29, 0.717) is 6.61 Å². The van der Waals surface area contributed by atoms with Crippen LogP contribution in [0.1, 0.15) is 13.8 Å². The molecule has 0 heterocycles. The maximum atomic E-state index is 11.9. The molecule has 0 radical (unpaired) electrons. The fourth-order valence-corrected chi connectivity index (χ4v) is 2.44. The first kappa shape index (κ1) is 18.4. The molecule has 0 saturated carbocycles. The second-order valence-corrected chi connectivity index (χ2v) is 6.42. The van der Waals surface area contributed by atoms with Crippen molar-refractivity contribution in [3.63, 3.8) is 0 Å². The van der Waals surface area contributed by atoms with E-state index < -0.39 is 23.9 Å². The van der Waals surface area contributed by atoms with Gasteiger partial charge in [0.25, 0.3) is 5.69 Å². The summed E-state index contributed by atoms with van der Waals surface area (Å²) in [7, 11) is 0. The summed E-state index contributed by atoms with van der Waals surface area (Å²) in [6, 6.07) is 3.72. The van der Waals surface area contributed by atoms with E-state index in [9.17, 15) is 19.5 Å². The summed E-state index contributed by atoms with van der Waals surface area (Å²) in [6.07, 6.45) is 0. The summed E-state index contributed by atoms with van der Waals surface area (Å²) in [5.41, 5.74) is 2.18. The topological polar surface area (TPSA) is 117 Å². The van der Waals surface area contributed by atoms with E-state index in [2.05, 4.69) is 10.0 Å². The fourth-order valence-electron chi connectivity index (χ4n) is 1.22. The summed E-state index contributed by atoms with van der Waals surface area (Å²) in [4.78, 5) is 26.3. The number of carbonyl (C=O) groups is 1. The number of rotatable bonds is 8. The van der Waals surface area contributed by atoms with Crippen molar-refractivity contribution in [2.45, 2.75) is 19.9 Å². The van der Waals surface area contributed by atoms with Crippen LogP contribution in [-0.4, -0.2) is 23.5 Å². The van der Waals surface area contributed by atoms with E-state index in [0.717, 1.165) is 12.1 Å². The van der Waals surface area contributed by atoms with Gasteiger partial charge in [-0.15, -0.1) is 0 Å². The van der Waals surface area contributed by atoms with E-state index in [1.165, 1.54) is 19.1 Å². The van der Waals surface area contributed by atoms with E-state index in [-0.39, 0.29) is 11.4 Å². The minimum absolute atomic E-state index is 0.0397. The molecule has 122 valence electrons. The third-order valence-electron chi connectivity index (χ3n) is 2.22. The molecule has 1 aromatic carbocycles. The van der Waals surface area contributed by atoms with Crippen LogP contribution in [0.4, 0.5) is 5.69 Å². The van der Waals surface area contributed by atoms with Gasteiger partial charge in [-0.25, -0.2) is 9.36 Å². The molecule has 9 nitrogen and oxygen atoms in total. The SMILES string of the molecule is CCON[C@@H](C)C(=O)OP(=O)(Cl)Oc1ccc([N+](=O)[O-])cc1. The van der Waals surface area contributed by atoms with E-state index in [1.54, 1.807) is 6.92 Å². The van der Waals surface area contributed by atoms with Gasteiger partial charge in [0.2, 0.25) is 0 Å². The number of carbonyl (C=O) groups excluding carboxylic acids is 1. The third-order valence-corrected chi connectivity index (χ3v) is 3.46. The average molecular weight is 353 g/mol. The van der Waals surface area contributed by atoms with Crippen molar-refractivity contribution < 1.29 is 28.2 Å². The molecule has 0 aliphatic carbocycles. The third kappa shape index (κ3) is 5.98. The number of nitro benzene ring substituents is 1. The van der Waals surface area contributed by atoms with Crippen LogP contribution in [0.3, 0.4) is 0 Å². The largest absolute Gasteiger partial charge is 0.532 e. The molecule has 0 spiro atoms. The van der Waals surface area contributed by atoms with E-state index in [1.807, 2.05) is 0 Å². The number of hydrogen-bond acceptors (Lipinski definition) is 8. The molecule has 0 aromatic heterocycles. The number of nitro groups is 1. The van der Waals surface area contributed by atoms with E-state index in [4.69, 9.17) is 20.6 Å². The Morgan fingerprint density at radius 3 is 2.55 bits per heavy atom. The van der Waals surface area contributed by atoms with Crippen LogP contribution < -0.4 is 10.0 Å². The number of hydrogen-bond donors (Lipinski definition) is 1. The zero-order valence-electron chi connectivity index (χ0n) is 11.7. The van der Waals surface area contributed by atoms with Crippen LogP contribution in [0.2, 0.25) is 0 Å². The molecule has 2 atom stereocenters. The summed E-state index contributed by atoms with van der Waals surface area (Å²) < 4.78 is 21.3. The summed E-state index contributed by atoms with van der Waals surface area (Å²) >= 11 is 5.53. The number of hydroxylamine groups is 1. The van der Waals surface area contributed by atoms with Gasteiger partial charge in [-0.3, -0.25) is 10.1 Å². The Morgan fingerprint density at radius 2 is 2.05 bits per heavy atom. The van der Waals surface area contributed by atoms with Crippen LogP contribution in [0.15, 0.2) is 24.3 Å². The van der Waals surface area contributed by atoms with Crippen molar-refractivity contribution in [2.24, 2.45) is 0 Å². The Hall–Kier alpha value is -1.67. The highest BCUT2D eigenvalue weighted by Gasteiger charge is 2.30. The molecule has 0 amide bonds. The van der Waals surface area contributed by atoms with Gasteiger partial charge in [0, 0.05) is 23.4 Å². The average Bonchev–Trinajstić information content (AvgIpc) is 2.44. The normalized spacial score (nSPS) is 14.7. The van der Waals surface area contributed by atoms with Crippen LogP contribution in [0, 0.1) is 10.1 Å². The Morgan fingerprint density at radius 1 is 1.45 bits per heavy atom. The smallest absolute Gasteiger partial charge is 0.405 e. The Kier molecular flexibility index (Phi) is 6.76. The highest BCUT2D eigenvalue weighted by Crippen LogP contribution is 2.53.